The van der Waals surface area contributed by atoms with E-state index in [1.54, 1.807) is 24.3 Å². The zero-order valence-corrected chi connectivity index (χ0v) is 21.7. The first-order valence-electron chi connectivity index (χ1n) is 11.2. The molecule has 0 spiro atoms. The van der Waals surface area contributed by atoms with Crippen LogP contribution in [0.3, 0.4) is 0 Å². The normalized spacial score (nSPS) is 12.3. The number of hydrogen-bond acceptors (Lipinski definition) is 3. The van der Waals surface area contributed by atoms with Crippen molar-refractivity contribution < 1.29 is 9.59 Å². The van der Waals surface area contributed by atoms with Crippen LogP contribution >= 0.6 is 11.6 Å². The molecular formula is C26H37ClN4O2. The van der Waals surface area contributed by atoms with Crippen molar-refractivity contribution in [1.29, 1.82) is 0 Å². The number of hydrogen-bond donors (Lipinski definition) is 2. The summed E-state index contributed by atoms with van der Waals surface area (Å²) in [4.78, 5) is 29.8. The van der Waals surface area contributed by atoms with Gasteiger partial charge in [-0.05, 0) is 69.5 Å². The Morgan fingerprint density at radius 2 is 1.67 bits per heavy atom. The van der Waals surface area contributed by atoms with Gasteiger partial charge in [-0.3, -0.25) is 4.79 Å². The van der Waals surface area contributed by atoms with Crippen molar-refractivity contribution in [2.75, 3.05) is 24.3 Å². The molecular weight excluding hydrogens is 436 g/mol. The lowest BCUT2D eigenvalue weighted by molar-refractivity contribution is 0.102. The summed E-state index contributed by atoms with van der Waals surface area (Å²) in [5, 5.41) is 6.42. The highest BCUT2D eigenvalue weighted by molar-refractivity contribution is 6.34. The summed E-state index contributed by atoms with van der Waals surface area (Å²) >= 11 is 6.19. The van der Waals surface area contributed by atoms with Crippen LogP contribution in [0.25, 0.3) is 0 Å². The molecule has 1 atom stereocenters. The second-order valence-electron chi connectivity index (χ2n) is 9.96. The topological polar surface area (TPSA) is 64.7 Å². The minimum Gasteiger partial charge on any atom is -0.377 e. The molecule has 3 amide bonds. The quantitative estimate of drug-likeness (QED) is 0.518. The van der Waals surface area contributed by atoms with Crippen molar-refractivity contribution in [1.82, 2.24) is 10.2 Å². The van der Waals surface area contributed by atoms with Gasteiger partial charge in [0, 0.05) is 43.6 Å². The first kappa shape index (κ1) is 26.5. The summed E-state index contributed by atoms with van der Waals surface area (Å²) in [6.07, 6.45) is 0. The van der Waals surface area contributed by atoms with Crippen LogP contribution in [0.1, 0.15) is 57.5 Å². The summed E-state index contributed by atoms with van der Waals surface area (Å²) in [6, 6.07) is 12.6. The second kappa shape index (κ2) is 10.9. The van der Waals surface area contributed by atoms with E-state index >= 15 is 0 Å². The van der Waals surface area contributed by atoms with Crippen molar-refractivity contribution in [3.63, 3.8) is 0 Å². The van der Waals surface area contributed by atoms with Crippen LogP contribution in [0.4, 0.5) is 16.2 Å². The van der Waals surface area contributed by atoms with Crippen LogP contribution in [0.5, 0.6) is 0 Å². The number of urea groups is 1. The fourth-order valence-corrected chi connectivity index (χ4v) is 3.63. The number of carbonyl (C=O) groups is 2. The maximum atomic E-state index is 13.2. The second-order valence-corrected chi connectivity index (χ2v) is 10.4. The molecule has 2 aromatic carbocycles. The molecule has 33 heavy (non-hydrogen) atoms. The molecule has 0 radical (unpaired) electrons. The zero-order chi connectivity index (χ0) is 24.9. The van der Waals surface area contributed by atoms with Crippen LogP contribution in [0.15, 0.2) is 42.5 Å². The molecule has 6 nitrogen and oxygen atoms in total. The molecule has 2 N–H and O–H groups in total. The molecule has 1 unspecified atom stereocenters. The van der Waals surface area contributed by atoms with Gasteiger partial charge in [-0.25, -0.2) is 4.79 Å². The van der Waals surface area contributed by atoms with Crippen LogP contribution in [0, 0.1) is 5.92 Å². The van der Waals surface area contributed by atoms with E-state index in [0.29, 0.717) is 22.8 Å². The average molecular weight is 473 g/mol. The molecule has 7 heteroatoms. The Kier molecular flexibility index (Phi) is 8.78. The maximum absolute atomic E-state index is 13.2. The van der Waals surface area contributed by atoms with Gasteiger partial charge >= 0.3 is 6.03 Å². The van der Waals surface area contributed by atoms with Gasteiger partial charge in [-0.2, -0.15) is 0 Å². The molecule has 0 aliphatic carbocycles. The van der Waals surface area contributed by atoms with E-state index in [-0.39, 0.29) is 29.4 Å². The van der Waals surface area contributed by atoms with Gasteiger partial charge in [0.1, 0.15) is 0 Å². The van der Waals surface area contributed by atoms with E-state index in [4.69, 9.17) is 11.6 Å². The number of halogens is 1. The fourth-order valence-electron chi connectivity index (χ4n) is 3.41. The highest BCUT2D eigenvalue weighted by Crippen LogP contribution is 2.27. The standard InChI is InChI=1S/C26H37ClN4O2/c1-17(2)18(3)31(25(33)29-26(4,5)6)16-19-15-20(13-14-23(19)30(7)8)28-24(32)21-11-9-10-12-22(21)27/h9-15,17-18H,16H2,1-8H3,(H,28,32)(H,29,33). The number of nitrogens with one attached hydrogen (secondary N) is 2. The molecule has 0 fully saturated rings. The van der Waals surface area contributed by atoms with Crippen LogP contribution in [0.2, 0.25) is 5.02 Å². The van der Waals surface area contributed by atoms with E-state index in [2.05, 4.69) is 31.4 Å². The summed E-state index contributed by atoms with van der Waals surface area (Å²) in [6.45, 7) is 12.6. The molecule has 180 valence electrons. The van der Waals surface area contributed by atoms with Crippen molar-refractivity contribution in [3.05, 3.63) is 58.6 Å². The van der Waals surface area contributed by atoms with E-state index in [9.17, 15) is 9.59 Å². The molecule has 0 bridgehead atoms. The van der Waals surface area contributed by atoms with Gasteiger partial charge in [0.2, 0.25) is 0 Å². The summed E-state index contributed by atoms with van der Waals surface area (Å²) in [5.74, 6) is 0.00339. The van der Waals surface area contributed by atoms with Gasteiger partial charge in [0.05, 0.1) is 10.6 Å². The Morgan fingerprint density at radius 1 is 1.03 bits per heavy atom. The van der Waals surface area contributed by atoms with Gasteiger partial charge < -0.3 is 20.4 Å². The largest absolute Gasteiger partial charge is 0.377 e. The lowest BCUT2D eigenvalue weighted by Gasteiger charge is -2.35. The third-order valence-electron chi connectivity index (χ3n) is 5.48. The SMILES string of the molecule is CC(C)C(C)N(Cc1cc(NC(=O)c2ccccc2Cl)ccc1N(C)C)C(=O)NC(C)(C)C. The Bertz CT molecular complexity index is 982. The Labute approximate surface area is 203 Å². The van der Waals surface area contributed by atoms with E-state index in [1.807, 2.05) is 62.9 Å². The van der Waals surface area contributed by atoms with Crippen LogP contribution in [-0.2, 0) is 6.54 Å². The molecule has 0 aliphatic heterocycles. The minimum absolute atomic E-state index is 0.0173. The van der Waals surface area contributed by atoms with Crippen molar-refractivity contribution >= 4 is 34.9 Å². The molecule has 0 heterocycles. The molecule has 0 saturated carbocycles. The number of nitrogens with zero attached hydrogens (tertiary/aromatic N) is 2. The number of amides is 3. The summed E-state index contributed by atoms with van der Waals surface area (Å²) in [5.41, 5.74) is 2.64. The van der Waals surface area contributed by atoms with E-state index in [0.717, 1.165) is 11.3 Å². The van der Waals surface area contributed by atoms with Crippen molar-refractivity contribution in [3.8, 4) is 0 Å². The Morgan fingerprint density at radius 3 is 2.21 bits per heavy atom. The third-order valence-corrected chi connectivity index (χ3v) is 5.81. The van der Waals surface area contributed by atoms with Gasteiger partial charge in [0.15, 0.2) is 0 Å². The van der Waals surface area contributed by atoms with Gasteiger partial charge in [-0.15, -0.1) is 0 Å². The van der Waals surface area contributed by atoms with Crippen LogP contribution in [-0.4, -0.2) is 42.5 Å². The number of rotatable bonds is 7. The van der Waals surface area contributed by atoms with Gasteiger partial charge in [0.25, 0.3) is 5.91 Å². The molecule has 2 aromatic rings. The summed E-state index contributed by atoms with van der Waals surface area (Å²) < 4.78 is 0. The Balaban J connectivity index is 2.39. The zero-order valence-electron chi connectivity index (χ0n) is 21.0. The van der Waals surface area contributed by atoms with Gasteiger partial charge in [-0.1, -0.05) is 37.6 Å². The van der Waals surface area contributed by atoms with Crippen LogP contribution < -0.4 is 15.5 Å². The lowest BCUT2D eigenvalue weighted by Crippen LogP contribution is -2.52. The summed E-state index contributed by atoms with van der Waals surface area (Å²) in [7, 11) is 3.93. The monoisotopic (exact) mass is 472 g/mol. The number of benzene rings is 2. The third kappa shape index (κ3) is 7.39. The minimum atomic E-state index is -0.346. The molecule has 0 saturated heterocycles. The predicted molar refractivity (Wildman–Crippen MR) is 138 cm³/mol. The lowest BCUT2D eigenvalue weighted by atomic mass is 10.0. The first-order valence-corrected chi connectivity index (χ1v) is 11.6. The fraction of sp³-hybridized carbons (Fsp3) is 0.462. The maximum Gasteiger partial charge on any atom is 0.318 e. The smallest absolute Gasteiger partial charge is 0.318 e. The highest BCUT2D eigenvalue weighted by Gasteiger charge is 2.27. The molecule has 0 aromatic heterocycles. The number of anilines is 2. The molecule has 0 aliphatic rings. The Hall–Kier alpha value is -2.73. The first-order chi connectivity index (χ1) is 15.3. The average Bonchev–Trinajstić information content (AvgIpc) is 2.70. The predicted octanol–water partition coefficient (Wildman–Crippen LogP) is 6.01. The van der Waals surface area contributed by atoms with Crippen molar-refractivity contribution in [2.24, 2.45) is 5.92 Å². The van der Waals surface area contributed by atoms with Crippen molar-refractivity contribution in [2.45, 2.75) is 59.7 Å². The number of carbonyl (C=O) groups excluding carboxylic acids is 2. The van der Waals surface area contributed by atoms with E-state index < -0.39 is 0 Å². The van der Waals surface area contributed by atoms with E-state index in [1.165, 1.54) is 0 Å². The highest BCUT2D eigenvalue weighted by atomic mass is 35.5. The molecule has 2 rings (SSSR count).